The van der Waals surface area contributed by atoms with Gasteiger partial charge < -0.3 is 4.98 Å². The van der Waals surface area contributed by atoms with Gasteiger partial charge in [-0.2, -0.15) is 0 Å². The molecule has 0 amide bonds. The van der Waals surface area contributed by atoms with Crippen LogP contribution in [0.25, 0.3) is 22.6 Å². The molecule has 0 atom stereocenters. The van der Waals surface area contributed by atoms with Gasteiger partial charge in [0.25, 0.3) is 0 Å². The van der Waals surface area contributed by atoms with Gasteiger partial charge in [0.15, 0.2) is 5.82 Å². The minimum Gasteiger partial charge on any atom is -0.337 e. The fourth-order valence-corrected chi connectivity index (χ4v) is 2.07. The molecule has 2 aromatic heterocycles. The average Bonchev–Trinajstić information content (AvgIpc) is 2.70. The number of aromatic amines is 1. The molecule has 0 saturated carbocycles. The van der Waals surface area contributed by atoms with Gasteiger partial charge in [-0.25, -0.2) is 14.4 Å². The van der Waals surface area contributed by atoms with E-state index in [-0.39, 0.29) is 5.82 Å². The summed E-state index contributed by atoms with van der Waals surface area (Å²) in [6.45, 7) is 3.96. The van der Waals surface area contributed by atoms with Gasteiger partial charge in [0, 0.05) is 5.69 Å². The van der Waals surface area contributed by atoms with Gasteiger partial charge in [-0.1, -0.05) is 0 Å². The van der Waals surface area contributed by atoms with Gasteiger partial charge in [-0.3, -0.25) is 0 Å². The number of rotatable bonds is 1. The van der Waals surface area contributed by atoms with Crippen molar-refractivity contribution in [1.29, 1.82) is 0 Å². The van der Waals surface area contributed by atoms with Crippen LogP contribution in [0.2, 0.25) is 0 Å². The molecule has 90 valence electrons. The van der Waals surface area contributed by atoms with E-state index in [1.165, 1.54) is 12.1 Å². The summed E-state index contributed by atoms with van der Waals surface area (Å²) in [4.78, 5) is 11.9. The lowest BCUT2D eigenvalue weighted by molar-refractivity contribution is 0.629. The Morgan fingerprint density at radius 1 is 1.06 bits per heavy atom. The zero-order valence-corrected chi connectivity index (χ0v) is 10.2. The molecule has 4 heteroatoms. The highest BCUT2D eigenvalue weighted by molar-refractivity contribution is 5.78. The molecule has 3 nitrogen and oxygen atoms in total. The molecule has 0 unspecified atom stereocenters. The number of nitrogens with one attached hydrogen (secondary N) is 1. The molecule has 1 N–H and O–H groups in total. The third-order valence-electron chi connectivity index (χ3n) is 2.78. The first-order chi connectivity index (χ1) is 8.61. The monoisotopic (exact) mass is 241 g/mol. The topological polar surface area (TPSA) is 41.6 Å². The zero-order chi connectivity index (χ0) is 12.7. The van der Waals surface area contributed by atoms with Crippen LogP contribution in [0.15, 0.2) is 30.3 Å². The van der Waals surface area contributed by atoms with Gasteiger partial charge in [0.2, 0.25) is 0 Å². The zero-order valence-electron chi connectivity index (χ0n) is 10.2. The van der Waals surface area contributed by atoms with E-state index in [0.29, 0.717) is 11.3 Å². The summed E-state index contributed by atoms with van der Waals surface area (Å²) in [5, 5.41) is 0. The quantitative estimate of drug-likeness (QED) is 0.709. The summed E-state index contributed by atoms with van der Waals surface area (Å²) in [6.07, 6.45) is 0. The smallest absolute Gasteiger partial charge is 0.157 e. The lowest BCUT2D eigenvalue weighted by atomic mass is 10.2. The molecule has 18 heavy (non-hydrogen) atoms. The maximum absolute atomic E-state index is 13.1. The van der Waals surface area contributed by atoms with E-state index in [1.807, 2.05) is 26.0 Å². The number of halogens is 1. The Labute approximate surface area is 104 Å². The highest BCUT2D eigenvalue weighted by Gasteiger charge is 2.08. The molecule has 0 aliphatic heterocycles. The molecule has 0 aliphatic carbocycles. The van der Waals surface area contributed by atoms with Crippen molar-refractivity contribution in [2.75, 3.05) is 0 Å². The first-order valence-electron chi connectivity index (χ1n) is 5.73. The minimum atomic E-state index is -0.272. The van der Waals surface area contributed by atoms with E-state index in [1.54, 1.807) is 6.07 Å². The Morgan fingerprint density at radius 2 is 1.89 bits per heavy atom. The van der Waals surface area contributed by atoms with Gasteiger partial charge in [0.05, 0.1) is 11.0 Å². The van der Waals surface area contributed by atoms with Crippen LogP contribution in [-0.4, -0.2) is 15.0 Å². The standard InChI is InChI=1S/C14H12FN3/c1-8-5-9(2)16-13(6-8)14-17-11-4-3-10(15)7-12(11)18-14/h3-7H,1-2H3,(H,17,18). The number of hydrogen-bond acceptors (Lipinski definition) is 2. The summed E-state index contributed by atoms with van der Waals surface area (Å²) >= 11 is 0. The molecule has 0 bridgehead atoms. The number of H-pyrrole nitrogens is 1. The third kappa shape index (κ3) is 1.86. The predicted molar refractivity (Wildman–Crippen MR) is 68.8 cm³/mol. The van der Waals surface area contributed by atoms with Crippen molar-refractivity contribution in [1.82, 2.24) is 15.0 Å². The normalized spacial score (nSPS) is 11.1. The van der Waals surface area contributed by atoms with E-state index in [9.17, 15) is 4.39 Å². The maximum Gasteiger partial charge on any atom is 0.157 e. The van der Waals surface area contributed by atoms with Gasteiger partial charge in [0.1, 0.15) is 11.5 Å². The van der Waals surface area contributed by atoms with Crippen molar-refractivity contribution in [2.24, 2.45) is 0 Å². The number of benzene rings is 1. The largest absolute Gasteiger partial charge is 0.337 e. The Hall–Kier alpha value is -2.23. The SMILES string of the molecule is Cc1cc(C)nc(-c2nc3ccc(F)cc3[nH]2)c1. The van der Waals surface area contributed by atoms with Crippen LogP contribution < -0.4 is 0 Å². The Kier molecular flexibility index (Phi) is 2.37. The van der Waals surface area contributed by atoms with Crippen molar-refractivity contribution < 1.29 is 4.39 Å². The number of fused-ring (bicyclic) bond motifs is 1. The molecule has 0 spiro atoms. The third-order valence-corrected chi connectivity index (χ3v) is 2.78. The number of pyridine rings is 1. The molecule has 0 aliphatic rings. The van der Waals surface area contributed by atoms with Crippen LogP contribution in [0.3, 0.4) is 0 Å². The summed E-state index contributed by atoms with van der Waals surface area (Å²) < 4.78 is 13.1. The number of aromatic nitrogens is 3. The second-order valence-electron chi connectivity index (χ2n) is 4.42. The summed E-state index contributed by atoms with van der Waals surface area (Å²) in [6, 6.07) is 8.47. The average molecular weight is 241 g/mol. The fraction of sp³-hybridized carbons (Fsp3) is 0.143. The van der Waals surface area contributed by atoms with Crippen LogP contribution in [-0.2, 0) is 0 Å². The van der Waals surface area contributed by atoms with Crippen LogP contribution >= 0.6 is 0 Å². The van der Waals surface area contributed by atoms with Gasteiger partial charge >= 0.3 is 0 Å². The van der Waals surface area contributed by atoms with E-state index >= 15 is 0 Å². The molecular formula is C14H12FN3. The molecule has 0 saturated heterocycles. The Bertz CT molecular complexity index is 711. The molecule has 0 radical (unpaired) electrons. The van der Waals surface area contributed by atoms with Crippen molar-refractivity contribution in [3.63, 3.8) is 0 Å². The molecule has 1 aromatic carbocycles. The second-order valence-corrected chi connectivity index (χ2v) is 4.42. The summed E-state index contributed by atoms with van der Waals surface area (Å²) in [7, 11) is 0. The number of hydrogen-bond donors (Lipinski definition) is 1. The highest BCUT2D eigenvalue weighted by Crippen LogP contribution is 2.20. The molecule has 0 fully saturated rings. The van der Waals surface area contributed by atoms with Gasteiger partial charge in [-0.15, -0.1) is 0 Å². The Balaban J connectivity index is 2.19. The molecular weight excluding hydrogens is 229 g/mol. The molecule has 3 rings (SSSR count). The molecule has 3 aromatic rings. The van der Waals surface area contributed by atoms with Crippen molar-refractivity contribution in [3.8, 4) is 11.5 Å². The Morgan fingerprint density at radius 3 is 2.67 bits per heavy atom. The summed E-state index contributed by atoms with van der Waals surface area (Å²) in [5.74, 6) is 0.397. The van der Waals surface area contributed by atoms with Crippen LogP contribution in [0.4, 0.5) is 4.39 Å². The van der Waals surface area contributed by atoms with Crippen LogP contribution in [0, 0.1) is 19.7 Å². The lowest BCUT2D eigenvalue weighted by Crippen LogP contribution is -1.90. The highest BCUT2D eigenvalue weighted by atomic mass is 19.1. The van der Waals surface area contributed by atoms with Crippen molar-refractivity contribution in [3.05, 3.63) is 47.4 Å². The van der Waals surface area contributed by atoms with E-state index in [4.69, 9.17) is 0 Å². The first kappa shape index (κ1) is 10.9. The van der Waals surface area contributed by atoms with E-state index in [0.717, 1.165) is 22.5 Å². The second kappa shape index (κ2) is 3.91. The lowest BCUT2D eigenvalue weighted by Gasteiger charge is -2.00. The van der Waals surface area contributed by atoms with E-state index in [2.05, 4.69) is 15.0 Å². The number of imidazole rings is 1. The fourth-order valence-electron chi connectivity index (χ4n) is 2.07. The predicted octanol–water partition coefficient (Wildman–Crippen LogP) is 3.38. The first-order valence-corrected chi connectivity index (χ1v) is 5.73. The molecule has 2 heterocycles. The van der Waals surface area contributed by atoms with E-state index < -0.39 is 0 Å². The minimum absolute atomic E-state index is 0.272. The van der Waals surface area contributed by atoms with Crippen molar-refractivity contribution in [2.45, 2.75) is 13.8 Å². The maximum atomic E-state index is 13.1. The number of aryl methyl sites for hydroxylation is 2. The van der Waals surface area contributed by atoms with Gasteiger partial charge in [-0.05, 0) is 49.7 Å². The van der Waals surface area contributed by atoms with Crippen molar-refractivity contribution >= 4 is 11.0 Å². The number of nitrogens with zero attached hydrogens (tertiary/aromatic N) is 2. The van der Waals surface area contributed by atoms with Crippen LogP contribution in [0.1, 0.15) is 11.3 Å². The van der Waals surface area contributed by atoms with Crippen LogP contribution in [0.5, 0.6) is 0 Å². The summed E-state index contributed by atoms with van der Waals surface area (Å²) in [5.41, 5.74) is 4.28.